The van der Waals surface area contributed by atoms with Crippen molar-refractivity contribution in [2.75, 3.05) is 19.7 Å². The van der Waals surface area contributed by atoms with Crippen molar-refractivity contribution in [2.24, 2.45) is 39.4 Å². The standard InChI is InChI=1S/C35H49NO5/c1-31-13-10-24(37)19-33(31)16-17-35(26(20-33)29(38)23-7-4-3-5-8-23)27(31)11-14-32(2)28(35)12-15-34(32)22-36(30(39)41-34)21-25-9-6-18-40-25/h16-17,20,23-25,27-28,37H,3-15,18-19,21-22H2,1-2H3. The molecule has 7 aliphatic carbocycles. The zero-order valence-electron chi connectivity index (χ0n) is 25.2. The van der Waals surface area contributed by atoms with E-state index in [9.17, 15) is 14.7 Å². The maximum Gasteiger partial charge on any atom is 0.410 e. The molecule has 2 aliphatic heterocycles. The maximum absolute atomic E-state index is 14.7. The molecule has 3 spiro atoms. The number of hydrogen-bond donors (Lipinski definition) is 1. The third kappa shape index (κ3) is 3.38. The van der Waals surface area contributed by atoms with Crippen LogP contribution in [-0.2, 0) is 14.3 Å². The fourth-order valence-corrected chi connectivity index (χ4v) is 12.2. The molecule has 6 fully saturated rings. The van der Waals surface area contributed by atoms with Gasteiger partial charge in [0, 0.05) is 34.3 Å². The number of amides is 1. The molecule has 4 saturated carbocycles. The van der Waals surface area contributed by atoms with Gasteiger partial charge in [-0.05, 0) is 87.9 Å². The lowest BCUT2D eigenvalue weighted by atomic mass is 9.32. The first-order valence-electron chi connectivity index (χ1n) is 16.9. The minimum Gasteiger partial charge on any atom is -0.440 e. The van der Waals surface area contributed by atoms with Crippen molar-refractivity contribution in [2.45, 2.75) is 122 Å². The minimum absolute atomic E-state index is 0.0343. The van der Waals surface area contributed by atoms with Gasteiger partial charge in [-0.25, -0.2) is 4.79 Å². The van der Waals surface area contributed by atoms with Crippen LogP contribution in [-0.4, -0.2) is 59.4 Å². The summed E-state index contributed by atoms with van der Waals surface area (Å²) in [6, 6.07) is 0. The lowest BCUT2D eigenvalue weighted by molar-refractivity contribution is -0.169. The summed E-state index contributed by atoms with van der Waals surface area (Å²) in [6.07, 6.45) is 21.1. The van der Waals surface area contributed by atoms with Crippen LogP contribution in [0.5, 0.6) is 0 Å². The summed E-state index contributed by atoms with van der Waals surface area (Å²) < 4.78 is 12.4. The monoisotopic (exact) mass is 563 g/mol. The number of allylic oxidation sites excluding steroid dienone is 4. The Morgan fingerprint density at radius 3 is 2.49 bits per heavy atom. The van der Waals surface area contributed by atoms with Crippen LogP contribution in [0.3, 0.4) is 0 Å². The van der Waals surface area contributed by atoms with Gasteiger partial charge in [-0.15, -0.1) is 0 Å². The highest BCUT2D eigenvalue weighted by Crippen LogP contribution is 2.79. The van der Waals surface area contributed by atoms with E-state index in [-0.39, 0.29) is 51.8 Å². The Kier molecular flexibility index (Phi) is 5.87. The van der Waals surface area contributed by atoms with E-state index in [1.165, 1.54) is 6.42 Å². The van der Waals surface area contributed by atoms with Gasteiger partial charge in [0.15, 0.2) is 5.78 Å². The van der Waals surface area contributed by atoms with E-state index in [0.717, 1.165) is 95.7 Å². The largest absolute Gasteiger partial charge is 0.440 e. The zero-order valence-corrected chi connectivity index (χ0v) is 25.2. The fraction of sp³-hybridized carbons (Fsp3) is 0.829. The van der Waals surface area contributed by atoms with E-state index >= 15 is 0 Å². The van der Waals surface area contributed by atoms with E-state index in [1.807, 2.05) is 4.90 Å². The number of rotatable bonds is 4. The van der Waals surface area contributed by atoms with Crippen LogP contribution in [0.1, 0.15) is 104 Å². The Labute approximate surface area is 245 Å². The van der Waals surface area contributed by atoms with Crippen molar-refractivity contribution in [1.82, 2.24) is 4.90 Å². The zero-order chi connectivity index (χ0) is 28.3. The van der Waals surface area contributed by atoms with Crippen molar-refractivity contribution < 1.29 is 24.2 Å². The molecule has 6 nitrogen and oxygen atoms in total. The predicted octanol–water partition coefficient (Wildman–Crippen LogP) is 6.37. The number of aliphatic hydroxyl groups excluding tert-OH is 1. The van der Waals surface area contributed by atoms with Gasteiger partial charge >= 0.3 is 6.09 Å². The molecule has 2 bridgehead atoms. The summed E-state index contributed by atoms with van der Waals surface area (Å²) in [5.41, 5.74) is -0.126. The molecule has 41 heavy (non-hydrogen) atoms. The summed E-state index contributed by atoms with van der Waals surface area (Å²) in [7, 11) is 0. The van der Waals surface area contributed by atoms with Crippen LogP contribution in [0.2, 0.25) is 0 Å². The number of nitrogens with zero attached hydrogens (tertiary/aromatic N) is 1. The number of fused-ring (bicyclic) bond motifs is 2. The molecule has 9 atom stereocenters. The van der Waals surface area contributed by atoms with Gasteiger partial charge in [0.1, 0.15) is 5.60 Å². The second-order valence-electron chi connectivity index (χ2n) is 15.9. The van der Waals surface area contributed by atoms with E-state index < -0.39 is 5.60 Å². The SMILES string of the molecule is CC12CCC(O)CC13C=CC1(C(C(=O)C4CCCCC4)=C3)C2CCC2(C)C1CCC21CN(CC2CCCO2)C(=O)O1. The second kappa shape index (κ2) is 8.94. The molecule has 9 unspecified atom stereocenters. The highest BCUT2D eigenvalue weighted by atomic mass is 16.6. The molecule has 0 aromatic carbocycles. The Hall–Kier alpha value is -1.66. The molecular weight excluding hydrogens is 514 g/mol. The number of carbonyl (C=O) groups excluding carboxylic acids is 2. The van der Waals surface area contributed by atoms with Gasteiger partial charge in [-0.3, -0.25) is 4.79 Å². The Bertz CT molecular complexity index is 1200. The third-order valence-electron chi connectivity index (χ3n) is 14.4. The lowest BCUT2D eigenvalue weighted by Gasteiger charge is -2.71. The van der Waals surface area contributed by atoms with Crippen molar-refractivity contribution in [1.29, 1.82) is 0 Å². The Morgan fingerprint density at radius 2 is 1.71 bits per heavy atom. The second-order valence-corrected chi connectivity index (χ2v) is 15.9. The number of ketones is 1. The lowest BCUT2D eigenvalue weighted by Crippen LogP contribution is -2.67. The van der Waals surface area contributed by atoms with Crippen LogP contribution in [0.25, 0.3) is 0 Å². The van der Waals surface area contributed by atoms with Gasteiger partial charge in [-0.2, -0.15) is 0 Å². The number of Topliss-reactive ketones (excluding diaryl/α,β-unsaturated/α-hetero) is 1. The topological polar surface area (TPSA) is 76.1 Å². The summed E-state index contributed by atoms with van der Waals surface area (Å²) in [6.45, 7) is 6.94. The molecule has 2 saturated heterocycles. The van der Waals surface area contributed by atoms with Crippen molar-refractivity contribution >= 4 is 11.9 Å². The molecule has 0 aromatic heterocycles. The smallest absolute Gasteiger partial charge is 0.410 e. The van der Waals surface area contributed by atoms with Gasteiger partial charge in [0.05, 0.1) is 25.3 Å². The molecule has 224 valence electrons. The van der Waals surface area contributed by atoms with Crippen LogP contribution in [0.4, 0.5) is 4.79 Å². The molecule has 0 radical (unpaired) electrons. The summed E-state index contributed by atoms with van der Waals surface area (Å²) in [5, 5.41) is 10.9. The van der Waals surface area contributed by atoms with E-state index in [4.69, 9.17) is 9.47 Å². The van der Waals surface area contributed by atoms with E-state index in [2.05, 4.69) is 32.1 Å². The number of ether oxygens (including phenoxy) is 2. The summed E-state index contributed by atoms with van der Waals surface area (Å²) in [5.74, 6) is 1.17. The first kappa shape index (κ1) is 26.9. The maximum atomic E-state index is 14.7. The predicted molar refractivity (Wildman–Crippen MR) is 155 cm³/mol. The van der Waals surface area contributed by atoms with Crippen molar-refractivity contribution in [3.8, 4) is 0 Å². The quantitative estimate of drug-likeness (QED) is 0.403. The number of carbonyl (C=O) groups is 2. The first-order valence-corrected chi connectivity index (χ1v) is 16.9. The van der Waals surface area contributed by atoms with Gasteiger partial charge in [0.25, 0.3) is 0 Å². The van der Waals surface area contributed by atoms with Crippen LogP contribution >= 0.6 is 0 Å². The Morgan fingerprint density at radius 1 is 0.951 bits per heavy atom. The first-order chi connectivity index (χ1) is 19.7. The molecule has 1 amide bonds. The molecule has 6 heteroatoms. The molecule has 2 heterocycles. The minimum atomic E-state index is -0.504. The van der Waals surface area contributed by atoms with E-state index in [1.54, 1.807) is 0 Å². The molecule has 9 aliphatic rings. The highest BCUT2D eigenvalue weighted by Gasteiger charge is 2.76. The Balaban J connectivity index is 1.20. The normalized spacial score (nSPS) is 50.5. The van der Waals surface area contributed by atoms with E-state index in [0.29, 0.717) is 24.8 Å². The molecule has 9 rings (SSSR count). The average molecular weight is 564 g/mol. The fourth-order valence-electron chi connectivity index (χ4n) is 12.2. The molecule has 0 aromatic rings. The number of aliphatic hydroxyl groups is 1. The van der Waals surface area contributed by atoms with Gasteiger partial charge in [-0.1, -0.05) is 51.3 Å². The van der Waals surface area contributed by atoms with Crippen LogP contribution in [0, 0.1) is 39.4 Å². The van der Waals surface area contributed by atoms with Gasteiger partial charge < -0.3 is 19.5 Å². The number of hydrogen-bond acceptors (Lipinski definition) is 5. The highest BCUT2D eigenvalue weighted by molar-refractivity contribution is 6.00. The van der Waals surface area contributed by atoms with Crippen molar-refractivity contribution in [3.05, 3.63) is 23.8 Å². The van der Waals surface area contributed by atoms with Gasteiger partial charge in [0.2, 0.25) is 0 Å². The molecule has 1 N–H and O–H groups in total. The van der Waals surface area contributed by atoms with Crippen LogP contribution in [0.15, 0.2) is 23.8 Å². The van der Waals surface area contributed by atoms with Crippen LogP contribution < -0.4 is 0 Å². The summed E-state index contributed by atoms with van der Waals surface area (Å²) in [4.78, 5) is 30.0. The van der Waals surface area contributed by atoms with Crippen molar-refractivity contribution in [3.63, 3.8) is 0 Å². The molecular formula is C35H49NO5. The summed E-state index contributed by atoms with van der Waals surface area (Å²) >= 11 is 0. The average Bonchev–Trinajstić information content (AvgIpc) is 3.67. The third-order valence-corrected chi connectivity index (χ3v) is 14.4.